The van der Waals surface area contributed by atoms with Crippen LogP contribution in [0.2, 0.25) is 0 Å². The molecule has 6 atom stereocenters. The van der Waals surface area contributed by atoms with E-state index in [2.05, 4.69) is 6.92 Å². The summed E-state index contributed by atoms with van der Waals surface area (Å²) in [5, 5.41) is 30.1. The molecule has 1 aromatic carbocycles. The second-order valence-electron chi connectivity index (χ2n) is 8.72. The maximum Gasteiger partial charge on any atom is 0.310 e. The van der Waals surface area contributed by atoms with Crippen LogP contribution in [0.1, 0.15) is 74.5 Å². The zero-order valence-corrected chi connectivity index (χ0v) is 15.0. The van der Waals surface area contributed by atoms with Gasteiger partial charge in [0.1, 0.15) is 5.75 Å². The first-order valence-corrected chi connectivity index (χ1v) is 9.59. The van der Waals surface area contributed by atoms with Crippen molar-refractivity contribution in [3.8, 4) is 5.75 Å². The molecule has 0 radical (unpaired) electrons. The molecule has 0 saturated heterocycles. The van der Waals surface area contributed by atoms with Crippen molar-refractivity contribution in [1.82, 2.24) is 0 Å². The molecule has 4 rings (SSSR count). The lowest BCUT2D eigenvalue weighted by Gasteiger charge is -2.50. The Bertz CT molecular complexity index is 712. The second kappa shape index (κ2) is 5.73. The highest BCUT2D eigenvalue weighted by molar-refractivity contribution is 5.77. The van der Waals surface area contributed by atoms with Crippen molar-refractivity contribution in [3.63, 3.8) is 0 Å². The van der Waals surface area contributed by atoms with Gasteiger partial charge in [0.15, 0.2) is 0 Å². The Balaban J connectivity index is 1.72. The highest BCUT2D eigenvalue weighted by Crippen LogP contribution is 2.61. The van der Waals surface area contributed by atoms with Crippen LogP contribution in [0, 0.1) is 17.3 Å². The number of carboxylic acids is 1. The maximum atomic E-state index is 11.4. The SMILES string of the molecule is CC(C(=O)O)c1cc2c(cc1O)CCC1C2CC[C@]2(C)C(O)CCC12. The number of carbonyl (C=O) groups is 1. The first-order valence-electron chi connectivity index (χ1n) is 9.59. The van der Waals surface area contributed by atoms with Gasteiger partial charge in [0, 0.05) is 5.56 Å². The quantitative estimate of drug-likeness (QED) is 0.762. The Morgan fingerprint density at radius 3 is 2.72 bits per heavy atom. The van der Waals surface area contributed by atoms with E-state index in [1.807, 2.05) is 6.07 Å². The fourth-order valence-corrected chi connectivity index (χ4v) is 6.08. The summed E-state index contributed by atoms with van der Waals surface area (Å²) in [7, 11) is 0. The highest BCUT2D eigenvalue weighted by atomic mass is 16.4. The van der Waals surface area contributed by atoms with E-state index in [9.17, 15) is 20.1 Å². The largest absolute Gasteiger partial charge is 0.508 e. The number of hydrogen-bond acceptors (Lipinski definition) is 3. The number of aliphatic hydroxyl groups is 1. The van der Waals surface area contributed by atoms with Crippen molar-refractivity contribution in [2.24, 2.45) is 17.3 Å². The van der Waals surface area contributed by atoms with Crippen molar-refractivity contribution in [1.29, 1.82) is 0 Å². The molecular formula is C21H28O4. The van der Waals surface area contributed by atoms with Gasteiger partial charge in [-0.2, -0.15) is 0 Å². The fraction of sp³-hybridized carbons (Fsp3) is 0.667. The van der Waals surface area contributed by atoms with E-state index in [1.165, 1.54) is 11.1 Å². The summed E-state index contributed by atoms with van der Waals surface area (Å²) in [6.45, 7) is 3.89. The van der Waals surface area contributed by atoms with E-state index in [1.54, 1.807) is 13.0 Å². The first-order chi connectivity index (χ1) is 11.8. The molecule has 4 heteroatoms. The molecule has 0 aromatic heterocycles. The number of phenols is 1. The van der Waals surface area contributed by atoms with Crippen LogP contribution in [0.15, 0.2) is 12.1 Å². The molecule has 0 aliphatic heterocycles. The van der Waals surface area contributed by atoms with E-state index in [0.717, 1.165) is 38.5 Å². The summed E-state index contributed by atoms with van der Waals surface area (Å²) in [5.74, 6) is 0.0755. The molecule has 0 amide bonds. The average Bonchev–Trinajstić information content (AvgIpc) is 2.88. The fourth-order valence-electron chi connectivity index (χ4n) is 6.08. The lowest BCUT2D eigenvalue weighted by Crippen LogP contribution is -2.43. The third kappa shape index (κ3) is 2.41. The summed E-state index contributed by atoms with van der Waals surface area (Å²) in [5.41, 5.74) is 3.02. The summed E-state index contributed by atoms with van der Waals surface area (Å²) < 4.78 is 0. The third-order valence-electron chi connectivity index (χ3n) is 7.66. The first kappa shape index (κ1) is 16.9. The molecule has 4 nitrogen and oxygen atoms in total. The molecule has 1 aromatic rings. The molecule has 0 spiro atoms. The van der Waals surface area contributed by atoms with Gasteiger partial charge >= 0.3 is 5.97 Å². The van der Waals surface area contributed by atoms with E-state index in [-0.39, 0.29) is 17.3 Å². The number of aliphatic hydroxyl groups excluding tert-OH is 1. The number of phenolic OH excluding ortho intramolecular Hbond substituents is 1. The number of carboxylic acid groups (broad SMARTS) is 1. The third-order valence-corrected chi connectivity index (χ3v) is 7.66. The van der Waals surface area contributed by atoms with Gasteiger partial charge in [0.05, 0.1) is 12.0 Å². The number of rotatable bonds is 2. The van der Waals surface area contributed by atoms with E-state index < -0.39 is 11.9 Å². The molecule has 25 heavy (non-hydrogen) atoms. The van der Waals surface area contributed by atoms with Crippen molar-refractivity contribution in [3.05, 3.63) is 28.8 Å². The summed E-state index contributed by atoms with van der Waals surface area (Å²) in [6.07, 6.45) is 5.96. The van der Waals surface area contributed by atoms with E-state index in [0.29, 0.717) is 23.3 Å². The van der Waals surface area contributed by atoms with Crippen LogP contribution < -0.4 is 0 Å². The molecule has 5 unspecified atom stereocenters. The Hall–Kier alpha value is -1.55. The van der Waals surface area contributed by atoms with Crippen molar-refractivity contribution in [2.45, 2.75) is 70.3 Å². The average molecular weight is 344 g/mol. The van der Waals surface area contributed by atoms with Gasteiger partial charge in [-0.05, 0) is 85.8 Å². The lowest BCUT2D eigenvalue weighted by atomic mass is 9.55. The lowest BCUT2D eigenvalue weighted by molar-refractivity contribution is -0.138. The molecule has 3 aliphatic rings. The van der Waals surface area contributed by atoms with Crippen LogP contribution in [0.4, 0.5) is 0 Å². The van der Waals surface area contributed by atoms with Crippen molar-refractivity contribution < 1.29 is 20.1 Å². The Kier molecular flexibility index (Phi) is 3.87. The smallest absolute Gasteiger partial charge is 0.310 e. The molecule has 136 valence electrons. The normalized spacial score (nSPS) is 37.7. The van der Waals surface area contributed by atoms with Crippen LogP contribution in [-0.2, 0) is 11.2 Å². The van der Waals surface area contributed by atoms with Crippen LogP contribution >= 0.6 is 0 Å². The summed E-state index contributed by atoms with van der Waals surface area (Å²) >= 11 is 0. The van der Waals surface area contributed by atoms with Crippen LogP contribution in [0.3, 0.4) is 0 Å². The maximum absolute atomic E-state index is 11.4. The Morgan fingerprint density at radius 1 is 1.24 bits per heavy atom. The zero-order valence-electron chi connectivity index (χ0n) is 15.0. The second-order valence-corrected chi connectivity index (χ2v) is 8.72. The number of fused-ring (bicyclic) bond motifs is 5. The number of aryl methyl sites for hydroxylation is 1. The predicted molar refractivity (Wildman–Crippen MR) is 94.8 cm³/mol. The predicted octanol–water partition coefficient (Wildman–Crippen LogP) is 3.80. The minimum Gasteiger partial charge on any atom is -0.508 e. The van der Waals surface area contributed by atoms with Gasteiger partial charge in [0.2, 0.25) is 0 Å². The van der Waals surface area contributed by atoms with E-state index >= 15 is 0 Å². The number of hydrogen-bond donors (Lipinski definition) is 3. The van der Waals surface area contributed by atoms with Crippen LogP contribution in [0.5, 0.6) is 5.75 Å². The number of benzene rings is 1. The van der Waals surface area contributed by atoms with Crippen molar-refractivity contribution >= 4 is 5.97 Å². The highest BCUT2D eigenvalue weighted by Gasteiger charge is 2.54. The van der Waals surface area contributed by atoms with Gasteiger partial charge in [-0.3, -0.25) is 4.79 Å². The van der Waals surface area contributed by atoms with Crippen LogP contribution in [0.25, 0.3) is 0 Å². The summed E-state index contributed by atoms with van der Waals surface area (Å²) in [4.78, 5) is 11.4. The molecule has 3 N–H and O–H groups in total. The Labute approximate surface area is 148 Å². The van der Waals surface area contributed by atoms with Gasteiger partial charge < -0.3 is 15.3 Å². The van der Waals surface area contributed by atoms with Gasteiger partial charge in [-0.25, -0.2) is 0 Å². The zero-order chi connectivity index (χ0) is 17.9. The monoisotopic (exact) mass is 344 g/mol. The van der Waals surface area contributed by atoms with Crippen molar-refractivity contribution in [2.75, 3.05) is 0 Å². The molecule has 0 bridgehead atoms. The minimum absolute atomic E-state index is 0.0484. The van der Waals surface area contributed by atoms with Crippen LogP contribution in [-0.4, -0.2) is 27.4 Å². The molecule has 2 fully saturated rings. The van der Waals surface area contributed by atoms with Gasteiger partial charge in [0.25, 0.3) is 0 Å². The minimum atomic E-state index is -0.905. The van der Waals surface area contributed by atoms with Gasteiger partial charge in [-0.15, -0.1) is 0 Å². The molecule has 0 heterocycles. The summed E-state index contributed by atoms with van der Waals surface area (Å²) in [6, 6.07) is 3.77. The molecular weight excluding hydrogens is 316 g/mol. The Morgan fingerprint density at radius 2 is 2.00 bits per heavy atom. The molecule has 3 aliphatic carbocycles. The molecule has 2 saturated carbocycles. The number of aromatic hydroxyl groups is 1. The number of aliphatic carboxylic acids is 1. The topological polar surface area (TPSA) is 77.8 Å². The standard InChI is InChI=1S/C21H28O4/c1-11(20(24)25)15-10-16-12(9-18(15)22)3-4-14-13(16)7-8-21(2)17(14)5-6-19(21)23/h9-11,13-14,17,19,22-23H,3-8H2,1-2H3,(H,24,25)/t11?,13?,14?,17?,19?,21-/m0/s1. The van der Waals surface area contributed by atoms with E-state index in [4.69, 9.17) is 0 Å². The van der Waals surface area contributed by atoms with Gasteiger partial charge in [-0.1, -0.05) is 13.0 Å².